The summed E-state index contributed by atoms with van der Waals surface area (Å²) in [6, 6.07) is 12.4. The number of aldehydes is 1. The quantitative estimate of drug-likeness (QED) is 0.272. The van der Waals surface area contributed by atoms with Crippen LogP contribution in [0.3, 0.4) is 0 Å². The van der Waals surface area contributed by atoms with Gasteiger partial charge in [-0.2, -0.15) is 0 Å². The molecule has 2 aromatic rings. The zero-order valence-corrected chi connectivity index (χ0v) is 17.6. The van der Waals surface area contributed by atoms with Gasteiger partial charge in [0.1, 0.15) is 6.29 Å². The highest BCUT2D eigenvalue weighted by atomic mass is 28.4. The smallest absolute Gasteiger partial charge is 0.270 e. The molecule has 5 nitrogen and oxygen atoms in total. The highest BCUT2D eigenvalue weighted by molar-refractivity contribution is 6.74. The largest absolute Gasteiger partial charge is 0.413 e. The molecule has 0 N–H and O–H groups in total. The number of nitro benzene ring substituents is 1. The average molecular weight is 386 g/mol. The molecule has 0 bridgehead atoms. The normalized spacial score (nSPS) is 12.0. The summed E-state index contributed by atoms with van der Waals surface area (Å²) in [6.45, 7) is 11.2. The fourth-order valence-corrected chi connectivity index (χ4v) is 3.42. The molecular weight excluding hydrogens is 358 g/mol. The van der Waals surface area contributed by atoms with E-state index in [1.54, 1.807) is 24.3 Å². The van der Waals surface area contributed by atoms with Crippen LogP contribution in [0.5, 0.6) is 0 Å². The number of hydrogen-bond donors (Lipinski definition) is 0. The highest BCUT2D eigenvalue weighted by Crippen LogP contribution is 2.37. The van der Waals surface area contributed by atoms with Gasteiger partial charge in [-0.05, 0) is 41.2 Å². The Labute approximate surface area is 161 Å². The van der Waals surface area contributed by atoms with Crippen LogP contribution in [0.2, 0.25) is 18.1 Å². The van der Waals surface area contributed by atoms with Crippen LogP contribution in [0.25, 0.3) is 0 Å². The van der Waals surface area contributed by atoms with Crippen LogP contribution in [0.4, 0.5) is 5.69 Å². The fourth-order valence-electron chi connectivity index (χ4n) is 2.46. The molecule has 0 atom stereocenters. The van der Waals surface area contributed by atoms with Gasteiger partial charge in [-0.15, -0.1) is 0 Å². The summed E-state index contributed by atoms with van der Waals surface area (Å²) in [5.74, 6) is 0. The lowest BCUT2D eigenvalue weighted by Gasteiger charge is -2.36. The molecular formula is C21H27NO4Si. The molecule has 144 valence electrons. The Morgan fingerprint density at radius 3 is 2.15 bits per heavy atom. The summed E-state index contributed by atoms with van der Waals surface area (Å²) in [7, 11) is -1.94. The number of carbonyl (C=O) groups excluding carboxylic acids is 1. The van der Waals surface area contributed by atoms with E-state index < -0.39 is 8.32 Å². The molecule has 6 heteroatoms. The Morgan fingerprint density at radius 2 is 1.63 bits per heavy atom. The summed E-state index contributed by atoms with van der Waals surface area (Å²) in [5.41, 5.74) is 3.36. The van der Waals surface area contributed by atoms with Gasteiger partial charge in [0, 0.05) is 17.7 Å². The van der Waals surface area contributed by atoms with Crippen molar-refractivity contribution < 1.29 is 14.1 Å². The van der Waals surface area contributed by atoms with Crippen LogP contribution in [-0.4, -0.2) is 19.5 Å². The first kappa shape index (κ1) is 21.0. The molecule has 27 heavy (non-hydrogen) atoms. The zero-order valence-electron chi connectivity index (χ0n) is 16.6. The number of carbonyl (C=O) groups is 1. The standard InChI is InChI=1S/C21H27NO4Si/c1-21(2,3)27(4,5)26-15-19-11-18(12-20(13-19)22(24)25)10-16-6-8-17(14-23)9-7-16/h6-9,11-14H,10,15H2,1-5H3. The number of hydrogen-bond acceptors (Lipinski definition) is 4. The van der Waals surface area contributed by atoms with E-state index in [2.05, 4.69) is 33.9 Å². The first-order valence-electron chi connectivity index (χ1n) is 8.97. The minimum Gasteiger partial charge on any atom is -0.413 e. The van der Waals surface area contributed by atoms with E-state index in [-0.39, 0.29) is 15.6 Å². The van der Waals surface area contributed by atoms with E-state index in [0.717, 1.165) is 23.0 Å². The number of nitro groups is 1. The third kappa shape index (κ3) is 5.58. The van der Waals surface area contributed by atoms with Crippen molar-refractivity contribution >= 4 is 20.3 Å². The van der Waals surface area contributed by atoms with Crippen LogP contribution in [0, 0.1) is 10.1 Å². The maximum absolute atomic E-state index is 11.3. The van der Waals surface area contributed by atoms with Crippen LogP contribution in [0.15, 0.2) is 42.5 Å². The Hall–Kier alpha value is -2.31. The lowest BCUT2D eigenvalue weighted by molar-refractivity contribution is -0.385. The van der Waals surface area contributed by atoms with Crippen molar-refractivity contribution in [3.63, 3.8) is 0 Å². The molecule has 0 fully saturated rings. The van der Waals surface area contributed by atoms with E-state index in [1.165, 1.54) is 0 Å². The number of benzene rings is 2. The molecule has 0 amide bonds. The SMILES string of the molecule is CC(C)(C)[Si](C)(C)OCc1cc(Cc2ccc(C=O)cc2)cc([N+](=O)[O-])c1. The first-order chi connectivity index (χ1) is 12.5. The van der Waals surface area contributed by atoms with Gasteiger partial charge < -0.3 is 4.43 Å². The van der Waals surface area contributed by atoms with Gasteiger partial charge in [0.25, 0.3) is 5.69 Å². The molecule has 0 saturated carbocycles. The second-order valence-electron chi connectivity index (χ2n) is 8.35. The topological polar surface area (TPSA) is 69.4 Å². The second kappa shape index (κ2) is 8.15. The molecule has 0 aliphatic heterocycles. The van der Waals surface area contributed by atoms with Crippen LogP contribution in [-0.2, 0) is 17.5 Å². The number of non-ortho nitro benzene ring substituents is 1. The molecule has 2 aromatic carbocycles. The van der Waals surface area contributed by atoms with E-state index >= 15 is 0 Å². The van der Waals surface area contributed by atoms with Gasteiger partial charge in [0.2, 0.25) is 0 Å². The first-order valence-corrected chi connectivity index (χ1v) is 11.9. The molecule has 0 aromatic heterocycles. The highest BCUT2D eigenvalue weighted by Gasteiger charge is 2.37. The Kier molecular flexibility index (Phi) is 6.33. The van der Waals surface area contributed by atoms with Crippen molar-refractivity contribution in [2.45, 2.75) is 51.9 Å². The Bertz CT molecular complexity index is 823. The molecule has 0 spiro atoms. The summed E-state index contributed by atoms with van der Waals surface area (Å²) < 4.78 is 6.23. The van der Waals surface area contributed by atoms with Crippen molar-refractivity contribution in [2.24, 2.45) is 0 Å². The van der Waals surface area contributed by atoms with Crippen molar-refractivity contribution in [1.29, 1.82) is 0 Å². The maximum atomic E-state index is 11.3. The van der Waals surface area contributed by atoms with Crippen molar-refractivity contribution in [3.8, 4) is 0 Å². The molecule has 2 rings (SSSR count). The Morgan fingerprint density at radius 1 is 1.04 bits per heavy atom. The maximum Gasteiger partial charge on any atom is 0.270 e. The van der Waals surface area contributed by atoms with Gasteiger partial charge in [-0.3, -0.25) is 14.9 Å². The molecule has 0 radical (unpaired) electrons. The van der Waals surface area contributed by atoms with Gasteiger partial charge in [0.15, 0.2) is 8.32 Å². The van der Waals surface area contributed by atoms with Gasteiger partial charge in [-0.1, -0.05) is 51.1 Å². The lowest BCUT2D eigenvalue weighted by Crippen LogP contribution is -2.40. The third-order valence-electron chi connectivity index (χ3n) is 5.18. The van der Waals surface area contributed by atoms with Crippen LogP contribution >= 0.6 is 0 Å². The number of nitrogens with zero attached hydrogens (tertiary/aromatic N) is 1. The molecule has 0 aliphatic carbocycles. The van der Waals surface area contributed by atoms with Crippen molar-refractivity contribution in [2.75, 3.05) is 0 Å². The van der Waals surface area contributed by atoms with Crippen LogP contribution < -0.4 is 0 Å². The second-order valence-corrected chi connectivity index (χ2v) is 13.2. The Balaban J connectivity index is 2.25. The molecule has 0 unspecified atom stereocenters. The van der Waals surface area contributed by atoms with E-state index in [4.69, 9.17) is 4.43 Å². The summed E-state index contributed by atoms with van der Waals surface area (Å²) in [5, 5.41) is 11.4. The van der Waals surface area contributed by atoms with E-state index in [0.29, 0.717) is 18.6 Å². The van der Waals surface area contributed by atoms with Crippen molar-refractivity contribution in [1.82, 2.24) is 0 Å². The monoisotopic (exact) mass is 385 g/mol. The lowest BCUT2D eigenvalue weighted by atomic mass is 10.0. The predicted octanol–water partition coefficient (Wildman–Crippen LogP) is 5.52. The fraction of sp³-hybridized carbons (Fsp3) is 0.381. The number of rotatable bonds is 7. The van der Waals surface area contributed by atoms with E-state index in [9.17, 15) is 14.9 Å². The predicted molar refractivity (Wildman–Crippen MR) is 110 cm³/mol. The zero-order chi connectivity index (χ0) is 20.2. The third-order valence-corrected chi connectivity index (χ3v) is 9.66. The summed E-state index contributed by atoms with van der Waals surface area (Å²) in [6.07, 6.45) is 1.36. The van der Waals surface area contributed by atoms with Crippen LogP contribution in [0.1, 0.15) is 47.8 Å². The van der Waals surface area contributed by atoms with Gasteiger partial charge in [0.05, 0.1) is 11.5 Å². The summed E-state index contributed by atoms with van der Waals surface area (Å²) >= 11 is 0. The minimum absolute atomic E-state index is 0.0749. The minimum atomic E-state index is -1.94. The van der Waals surface area contributed by atoms with Gasteiger partial charge >= 0.3 is 0 Å². The molecule has 0 aliphatic rings. The van der Waals surface area contributed by atoms with E-state index in [1.807, 2.05) is 18.2 Å². The van der Waals surface area contributed by atoms with Crippen molar-refractivity contribution in [3.05, 3.63) is 74.8 Å². The van der Waals surface area contributed by atoms with Gasteiger partial charge in [-0.25, -0.2) is 0 Å². The molecule has 0 saturated heterocycles. The summed E-state index contributed by atoms with van der Waals surface area (Å²) in [4.78, 5) is 21.7. The average Bonchev–Trinajstić information content (AvgIpc) is 2.59. The molecule has 0 heterocycles.